The van der Waals surface area contributed by atoms with E-state index >= 15 is 0 Å². The topological polar surface area (TPSA) is 0 Å². The van der Waals surface area contributed by atoms with Crippen molar-refractivity contribution in [3.05, 3.63) is 21.8 Å². The molecule has 2 heteroatoms. The van der Waals surface area contributed by atoms with Gasteiger partial charge in [0, 0.05) is 0 Å². The summed E-state index contributed by atoms with van der Waals surface area (Å²) in [6.07, 6.45) is 21.3. The molecule has 138 valence electrons. The van der Waals surface area contributed by atoms with Crippen LogP contribution >= 0.6 is 13.0 Å². The fourth-order valence-corrected chi connectivity index (χ4v) is 2.37. The zero-order valence-electron chi connectivity index (χ0n) is 15.0. The van der Waals surface area contributed by atoms with Gasteiger partial charge in [0.1, 0.15) is 0 Å². The Hall–Kier alpha value is 1.22. The molecule has 0 atom stereocenters. The largest absolute Gasteiger partial charge is 0.358 e. The van der Waals surface area contributed by atoms with Crippen LogP contribution in [0.4, 0.5) is 0 Å². The third-order valence-electron chi connectivity index (χ3n) is 3.60. The van der Waals surface area contributed by atoms with Crippen molar-refractivity contribution in [2.24, 2.45) is 0 Å². The molecular weight excluding hydrogens is 416 g/mol. The van der Waals surface area contributed by atoms with Crippen LogP contribution in [0.2, 0.25) is 0 Å². The second kappa shape index (κ2) is 33.0. The molecule has 0 saturated carbocycles. The van der Waals surface area contributed by atoms with E-state index in [4.69, 9.17) is 0 Å². The van der Waals surface area contributed by atoms with E-state index < -0.39 is 0 Å². The predicted molar refractivity (Wildman–Crippen MR) is 102 cm³/mol. The van der Waals surface area contributed by atoms with Crippen molar-refractivity contribution in [1.29, 1.82) is 0 Å². The van der Waals surface area contributed by atoms with Crippen molar-refractivity contribution in [1.82, 2.24) is 0 Å². The van der Waals surface area contributed by atoms with Gasteiger partial charge < -0.3 is 21.8 Å². The number of unbranched alkanes of at least 4 members (excludes halogenated alkanes) is 14. The first kappa shape index (κ1) is 30.1. The van der Waals surface area contributed by atoms with Crippen LogP contribution in [0.15, 0.2) is 0 Å². The first-order chi connectivity index (χ1) is 9.41. The van der Waals surface area contributed by atoms with Gasteiger partial charge in [0.2, 0.25) is 0 Å². The van der Waals surface area contributed by atoms with Crippen LogP contribution in [0.5, 0.6) is 0 Å². The molecule has 21 heavy (non-hydrogen) atoms. The van der Waals surface area contributed by atoms with E-state index in [2.05, 4.69) is 45.8 Å². The smallest absolute Gasteiger partial charge is 0.0533 e. The van der Waals surface area contributed by atoms with Crippen molar-refractivity contribution in [2.45, 2.75) is 103 Å². The Labute approximate surface area is 156 Å². The molecule has 0 fully saturated rings. The predicted octanol–water partition coefficient (Wildman–Crippen LogP) is 8.44. The van der Waals surface area contributed by atoms with E-state index in [0.29, 0.717) is 0 Å². The van der Waals surface area contributed by atoms with Crippen LogP contribution in [-0.4, -0.2) is 0 Å². The van der Waals surface area contributed by atoms with Crippen molar-refractivity contribution in [2.75, 3.05) is 0 Å². The molecule has 0 nitrogen and oxygen atoms in total. The van der Waals surface area contributed by atoms with Crippen LogP contribution in [0.1, 0.15) is 103 Å². The van der Waals surface area contributed by atoms with Crippen molar-refractivity contribution in [3.63, 3.8) is 0 Å². The molecule has 0 aromatic carbocycles. The minimum absolute atomic E-state index is 0. The molecule has 0 amide bonds. The second-order valence-corrected chi connectivity index (χ2v) is 5.45. The molecular formula is C19H41AgBr-3. The van der Waals surface area contributed by atoms with Gasteiger partial charge in [-0.05, 0) is 0 Å². The van der Waals surface area contributed by atoms with Gasteiger partial charge in [-0.2, -0.15) is 6.42 Å². The Kier molecular flexibility index (Phi) is 47.3. The second-order valence-electron chi connectivity index (χ2n) is 5.45. The molecule has 0 radical (unpaired) electrons. The van der Waals surface area contributed by atoms with Gasteiger partial charge in [0.25, 0.3) is 0 Å². The molecule has 0 saturated heterocycles. The zero-order valence-corrected chi connectivity index (χ0v) is 18.1. The van der Waals surface area contributed by atoms with Crippen molar-refractivity contribution in [3.8, 4) is 0 Å². The molecule has 0 heterocycles. The van der Waals surface area contributed by atoms with E-state index in [0.717, 1.165) is 6.42 Å². The number of halogens is 1. The minimum Gasteiger partial charge on any atom is -0.358 e. The summed E-state index contributed by atoms with van der Waals surface area (Å²) in [7, 11) is 0. The molecule has 0 N–H and O–H groups in total. The Morgan fingerprint density at radius 3 is 1.05 bits per heavy atom. The van der Waals surface area contributed by atoms with Gasteiger partial charge in [0.15, 0.2) is 0 Å². The van der Waals surface area contributed by atoms with Gasteiger partial charge in [-0.15, -0.1) is 0 Å². The molecule has 0 aliphatic carbocycles. The third kappa shape index (κ3) is 33.8. The van der Waals surface area contributed by atoms with E-state index in [1.807, 2.05) is 0 Å². The maximum atomic E-state index is 3.88. The molecule has 0 bridgehead atoms. The van der Waals surface area contributed by atoms with Crippen LogP contribution in [0.25, 0.3) is 0 Å². The quantitative estimate of drug-likeness (QED) is 0.140. The van der Waals surface area contributed by atoms with Gasteiger partial charge in [-0.1, -0.05) is 96.8 Å². The van der Waals surface area contributed by atoms with E-state index in [1.165, 1.54) is 89.9 Å². The minimum atomic E-state index is 0. The van der Waals surface area contributed by atoms with Crippen LogP contribution in [0.3, 0.4) is 0 Å². The molecule has 0 aliphatic heterocycles. The monoisotopic (exact) mass is 455 g/mol. The average Bonchev–Trinajstić information content (AvgIpc) is 2.46. The maximum Gasteiger partial charge on any atom is -0.0533 e. The molecule has 0 rings (SSSR count). The number of hydrogen-bond acceptors (Lipinski definition) is 0. The molecule has 0 aromatic heterocycles. The van der Waals surface area contributed by atoms with E-state index in [9.17, 15) is 0 Å². The van der Waals surface area contributed by atoms with Crippen molar-refractivity contribution >= 4 is 13.0 Å². The Morgan fingerprint density at radius 2 is 0.810 bits per heavy atom. The normalized spacial score (nSPS) is 9.19. The summed E-state index contributed by atoms with van der Waals surface area (Å²) in [6, 6.07) is 0. The first-order valence-corrected chi connectivity index (χ1v) is 11.7. The molecule has 0 spiro atoms. The number of hydrogen-bond donors (Lipinski definition) is 0. The Bertz CT molecular complexity index is 115. The third-order valence-corrected chi connectivity index (χ3v) is 3.60. The van der Waals surface area contributed by atoms with Crippen LogP contribution in [0, 0.1) is 21.8 Å². The molecule has 0 aliphatic rings. The molecule has 0 unspecified atom stereocenters. The summed E-state index contributed by atoms with van der Waals surface area (Å²) in [5.41, 5.74) is 0. The zero-order chi connectivity index (χ0) is 14.6. The summed E-state index contributed by atoms with van der Waals surface area (Å²) < 4.78 is 0. The van der Waals surface area contributed by atoms with Gasteiger partial charge in [-0.25, -0.2) is 0 Å². The summed E-state index contributed by atoms with van der Waals surface area (Å²) >= 11 is 5.51. The van der Waals surface area contributed by atoms with E-state index in [-0.39, 0.29) is 14.9 Å². The summed E-state index contributed by atoms with van der Waals surface area (Å²) in [4.78, 5) is 0. The summed E-state index contributed by atoms with van der Waals surface area (Å²) in [6.45, 7) is 6.17. The van der Waals surface area contributed by atoms with Crippen LogP contribution < -0.4 is 0 Å². The fourth-order valence-electron chi connectivity index (χ4n) is 2.37. The maximum absolute atomic E-state index is 3.88. The summed E-state index contributed by atoms with van der Waals surface area (Å²) in [5, 5.41) is 0. The Balaban J connectivity index is -0.000000344. The number of rotatable bonds is 14. The standard InChI is InChI=1S/C17H35.2CH3.Ag.BrH/c1-3-5-7-9-11-13-15-17-16-14-12-10-8-6-4-2;;;;/h1,3-17H2,2H3;2*1H3;;1H/q3*-1;+1;/p-1. The average molecular weight is 457 g/mol. The SMILES string of the molecule is [Br][Ag].[CH2-]CCCCCCCCCCCCCCCC.[CH3-].[CH3-]. The molecule has 0 aromatic rings. The Morgan fingerprint density at radius 1 is 0.571 bits per heavy atom. The first-order valence-electron chi connectivity index (χ1n) is 8.32. The van der Waals surface area contributed by atoms with Crippen molar-refractivity contribution < 1.29 is 18.9 Å². The summed E-state index contributed by atoms with van der Waals surface area (Å²) in [5.74, 6) is 0. The van der Waals surface area contributed by atoms with E-state index in [1.54, 1.807) is 0 Å². The van der Waals surface area contributed by atoms with Gasteiger partial charge >= 0.3 is 32.0 Å². The van der Waals surface area contributed by atoms with Crippen LogP contribution in [-0.2, 0) is 18.9 Å². The van der Waals surface area contributed by atoms with Gasteiger partial charge in [0.05, 0.1) is 0 Å². The van der Waals surface area contributed by atoms with Gasteiger partial charge in [-0.3, -0.25) is 0 Å². The fraction of sp³-hybridized carbons (Fsp3) is 0.842.